The fourth-order valence-corrected chi connectivity index (χ4v) is 2.59. The Kier molecular flexibility index (Phi) is 5.07. The molecule has 0 spiro atoms. The summed E-state index contributed by atoms with van der Waals surface area (Å²) < 4.78 is 6.57. The summed E-state index contributed by atoms with van der Waals surface area (Å²) in [5.41, 5.74) is 1.22. The second-order valence-electron chi connectivity index (χ2n) is 3.87. The van der Waals surface area contributed by atoms with E-state index in [-0.39, 0.29) is 5.75 Å². The number of hydrogen-bond acceptors (Lipinski definition) is 3. The van der Waals surface area contributed by atoms with Crippen LogP contribution in [0.3, 0.4) is 0 Å². The summed E-state index contributed by atoms with van der Waals surface area (Å²) in [4.78, 5) is 4.30. The first-order chi connectivity index (χ1) is 9.52. The molecule has 0 atom stereocenters. The van der Waals surface area contributed by atoms with Gasteiger partial charge in [-0.2, -0.15) is 0 Å². The molecule has 104 valence electrons. The van der Waals surface area contributed by atoms with E-state index in [1.807, 2.05) is 12.1 Å². The lowest BCUT2D eigenvalue weighted by molar-refractivity contribution is 0.372. The molecule has 20 heavy (non-hydrogen) atoms. The number of rotatable bonds is 3. The SMILES string of the molecule is COc1cc(Br)c(Br)c(C=Nc2cccc(Cl)c2)c1O. The minimum atomic E-state index is 0.0216. The third-order valence-electron chi connectivity index (χ3n) is 2.56. The number of phenols is 1. The van der Waals surface area contributed by atoms with Crippen molar-refractivity contribution in [3.8, 4) is 11.5 Å². The molecule has 3 nitrogen and oxygen atoms in total. The Morgan fingerprint density at radius 1 is 1.30 bits per heavy atom. The van der Waals surface area contributed by atoms with Gasteiger partial charge in [-0.15, -0.1) is 0 Å². The van der Waals surface area contributed by atoms with E-state index < -0.39 is 0 Å². The van der Waals surface area contributed by atoms with E-state index in [0.717, 1.165) is 4.47 Å². The summed E-state index contributed by atoms with van der Waals surface area (Å²) >= 11 is 12.7. The minimum absolute atomic E-state index is 0.0216. The lowest BCUT2D eigenvalue weighted by atomic mass is 10.2. The number of benzene rings is 2. The largest absolute Gasteiger partial charge is 0.504 e. The van der Waals surface area contributed by atoms with Crippen molar-refractivity contribution >= 4 is 55.4 Å². The van der Waals surface area contributed by atoms with Gasteiger partial charge in [-0.05, 0) is 56.1 Å². The number of nitrogens with zero attached hydrogens (tertiary/aromatic N) is 1. The fraction of sp³-hybridized carbons (Fsp3) is 0.0714. The molecule has 0 aliphatic rings. The van der Waals surface area contributed by atoms with Crippen molar-refractivity contribution in [1.82, 2.24) is 0 Å². The number of ether oxygens (including phenoxy) is 1. The highest BCUT2D eigenvalue weighted by molar-refractivity contribution is 9.13. The molecule has 0 saturated carbocycles. The van der Waals surface area contributed by atoms with Crippen LogP contribution in [0.15, 0.2) is 44.3 Å². The summed E-state index contributed by atoms with van der Waals surface area (Å²) in [6, 6.07) is 8.82. The van der Waals surface area contributed by atoms with Crippen molar-refractivity contribution in [2.45, 2.75) is 0 Å². The highest BCUT2D eigenvalue weighted by atomic mass is 79.9. The summed E-state index contributed by atoms with van der Waals surface area (Å²) in [6.07, 6.45) is 1.55. The zero-order valence-corrected chi connectivity index (χ0v) is 14.3. The number of halogens is 3. The van der Waals surface area contributed by atoms with Gasteiger partial charge in [-0.3, -0.25) is 4.99 Å². The molecule has 0 unspecified atom stereocenters. The fourth-order valence-electron chi connectivity index (χ4n) is 1.58. The normalized spacial score (nSPS) is 11.0. The van der Waals surface area contributed by atoms with Crippen molar-refractivity contribution in [2.24, 2.45) is 4.99 Å². The Bertz CT molecular complexity index is 674. The van der Waals surface area contributed by atoms with Gasteiger partial charge in [0.1, 0.15) is 0 Å². The monoisotopic (exact) mass is 417 g/mol. The summed E-state index contributed by atoms with van der Waals surface area (Å²) in [7, 11) is 1.49. The van der Waals surface area contributed by atoms with Crippen molar-refractivity contribution in [1.29, 1.82) is 0 Å². The molecule has 6 heteroatoms. The maximum atomic E-state index is 10.1. The average Bonchev–Trinajstić information content (AvgIpc) is 2.43. The van der Waals surface area contributed by atoms with E-state index in [9.17, 15) is 5.11 Å². The first-order valence-electron chi connectivity index (χ1n) is 5.57. The first-order valence-corrected chi connectivity index (χ1v) is 7.54. The molecule has 0 aliphatic heterocycles. The summed E-state index contributed by atoms with van der Waals surface area (Å²) in [5, 5.41) is 10.7. The van der Waals surface area contributed by atoms with E-state index in [1.165, 1.54) is 7.11 Å². The van der Waals surface area contributed by atoms with E-state index in [0.29, 0.717) is 26.5 Å². The van der Waals surface area contributed by atoms with Crippen LogP contribution in [0.2, 0.25) is 5.02 Å². The van der Waals surface area contributed by atoms with Gasteiger partial charge >= 0.3 is 0 Å². The number of aliphatic imine (C=N–C) groups is 1. The van der Waals surface area contributed by atoms with Gasteiger partial charge < -0.3 is 9.84 Å². The van der Waals surface area contributed by atoms with Crippen LogP contribution in [-0.4, -0.2) is 18.4 Å². The van der Waals surface area contributed by atoms with Gasteiger partial charge in [-0.1, -0.05) is 17.7 Å². The predicted octanol–water partition coefficient (Wildman–Crippen LogP) is 5.33. The van der Waals surface area contributed by atoms with Gasteiger partial charge in [0.05, 0.1) is 18.4 Å². The lowest BCUT2D eigenvalue weighted by Crippen LogP contribution is -1.91. The van der Waals surface area contributed by atoms with Crippen LogP contribution in [0.1, 0.15) is 5.56 Å². The molecule has 0 aliphatic carbocycles. The molecule has 1 N–H and O–H groups in total. The first kappa shape index (κ1) is 15.4. The molecule has 0 amide bonds. The van der Waals surface area contributed by atoms with Crippen LogP contribution in [0.5, 0.6) is 11.5 Å². The van der Waals surface area contributed by atoms with Crippen molar-refractivity contribution < 1.29 is 9.84 Å². The van der Waals surface area contributed by atoms with Crippen LogP contribution in [0.4, 0.5) is 5.69 Å². The van der Waals surface area contributed by atoms with Gasteiger partial charge in [0.25, 0.3) is 0 Å². The van der Waals surface area contributed by atoms with Crippen molar-refractivity contribution in [3.05, 3.63) is 49.9 Å². The number of methoxy groups -OCH3 is 1. The molecule has 2 aromatic rings. The van der Waals surface area contributed by atoms with Crippen molar-refractivity contribution in [3.63, 3.8) is 0 Å². The molecule has 0 heterocycles. The zero-order valence-electron chi connectivity index (χ0n) is 10.4. The van der Waals surface area contributed by atoms with Gasteiger partial charge in [-0.25, -0.2) is 0 Å². The zero-order chi connectivity index (χ0) is 14.7. The van der Waals surface area contributed by atoms with Gasteiger partial charge in [0.15, 0.2) is 11.5 Å². The Morgan fingerprint density at radius 2 is 2.05 bits per heavy atom. The van der Waals surface area contributed by atoms with E-state index in [1.54, 1.807) is 24.4 Å². The average molecular weight is 420 g/mol. The molecule has 2 aromatic carbocycles. The van der Waals surface area contributed by atoms with Crippen LogP contribution in [-0.2, 0) is 0 Å². The quantitative estimate of drug-likeness (QED) is 0.684. The maximum absolute atomic E-state index is 10.1. The van der Waals surface area contributed by atoms with E-state index >= 15 is 0 Å². The highest BCUT2D eigenvalue weighted by Crippen LogP contribution is 2.39. The third-order valence-corrected chi connectivity index (χ3v) is 4.81. The van der Waals surface area contributed by atoms with Crippen LogP contribution in [0, 0.1) is 0 Å². The van der Waals surface area contributed by atoms with Crippen LogP contribution < -0.4 is 4.74 Å². The molecular formula is C14H10Br2ClNO2. The Hall–Kier alpha value is -1.04. The number of phenolic OH excluding ortho intramolecular Hbond substituents is 1. The van der Waals surface area contributed by atoms with Gasteiger partial charge in [0.2, 0.25) is 0 Å². The van der Waals surface area contributed by atoms with Crippen molar-refractivity contribution in [2.75, 3.05) is 7.11 Å². The topological polar surface area (TPSA) is 41.8 Å². The Balaban J connectivity index is 2.45. The molecule has 0 aromatic heterocycles. The van der Waals surface area contributed by atoms with E-state index in [2.05, 4.69) is 36.9 Å². The van der Waals surface area contributed by atoms with Gasteiger partial charge in [0, 0.05) is 20.2 Å². The summed E-state index contributed by atoms with van der Waals surface area (Å²) in [6.45, 7) is 0. The molecule has 0 bridgehead atoms. The molecular weight excluding hydrogens is 409 g/mol. The smallest absolute Gasteiger partial charge is 0.167 e. The Morgan fingerprint density at radius 3 is 2.70 bits per heavy atom. The van der Waals surface area contributed by atoms with Crippen LogP contribution in [0.25, 0.3) is 0 Å². The molecule has 2 rings (SSSR count). The molecule has 0 fully saturated rings. The standard InChI is InChI=1S/C14H10Br2ClNO2/c1-20-12-6-11(15)13(16)10(14(12)19)7-18-9-4-2-3-8(17)5-9/h2-7,19H,1H3. The minimum Gasteiger partial charge on any atom is -0.504 e. The second-order valence-corrected chi connectivity index (χ2v) is 5.96. The van der Waals surface area contributed by atoms with Crippen LogP contribution >= 0.6 is 43.5 Å². The third kappa shape index (κ3) is 3.34. The number of hydrogen-bond donors (Lipinski definition) is 1. The lowest BCUT2D eigenvalue weighted by Gasteiger charge is -2.09. The maximum Gasteiger partial charge on any atom is 0.167 e. The molecule has 0 saturated heterocycles. The Labute approximate surface area is 138 Å². The second kappa shape index (κ2) is 6.61. The predicted molar refractivity (Wildman–Crippen MR) is 88.8 cm³/mol. The molecule has 0 radical (unpaired) electrons. The summed E-state index contributed by atoms with van der Waals surface area (Å²) in [5.74, 6) is 0.390. The highest BCUT2D eigenvalue weighted by Gasteiger charge is 2.14. The van der Waals surface area contributed by atoms with E-state index in [4.69, 9.17) is 16.3 Å². The number of aromatic hydroxyl groups is 1.